The van der Waals surface area contributed by atoms with Crippen molar-refractivity contribution in [2.75, 3.05) is 19.5 Å². The van der Waals surface area contributed by atoms with Crippen molar-refractivity contribution in [2.45, 2.75) is 13.5 Å². The molecule has 1 N–H and O–H groups in total. The van der Waals surface area contributed by atoms with Crippen LogP contribution in [0.5, 0.6) is 11.5 Å². The summed E-state index contributed by atoms with van der Waals surface area (Å²) >= 11 is 1.66. The molecule has 2 aromatic rings. The number of hydrogen-bond acceptors (Lipinski definition) is 5. The molecule has 96 valence electrons. The second-order valence-electron chi connectivity index (χ2n) is 3.78. The monoisotopic (exact) mass is 264 g/mol. The maximum Gasteiger partial charge on any atom is 0.162 e. The number of thiazole rings is 1. The molecule has 2 rings (SSSR count). The molecule has 5 heteroatoms. The summed E-state index contributed by atoms with van der Waals surface area (Å²) in [6, 6.07) is 5.79. The van der Waals surface area contributed by atoms with Crippen LogP contribution in [0.3, 0.4) is 0 Å². The minimum Gasteiger partial charge on any atom is -0.493 e. The molecule has 0 amide bonds. The Bertz CT molecular complexity index is 525. The van der Waals surface area contributed by atoms with E-state index in [1.807, 2.05) is 30.6 Å². The minimum atomic E-state index is 0.725. The summed E-state index contributed by atoms with van der Waals surface area (Å²) in [6.07, 6.45) is 0. The zero-order chi connectivity index (χ0) is 13.0. The molecule has 1 aromatic heterocycles. The Morgan fingerprint density at radius 1 is 1.22 bits per heavy atom. The fraction of sp³-hybridized carbons (Fsp3) is 0.308. The summed E-state index contributed by atoms with van der Waals surface area (Å²) in [7, 11) is 3.26. The topological polar surface area (TPSA) is 43.4 Å². The predicted molar refractivity (Wildman–Crippen MR) is 73.7 cm³/mol. The van der Waals surface area contributed by atoms with Gasteiger partial charge in [0.2, 0.25) is 0 Å². The summed E-state index contributed by atoms with van der Waals surface area (Å²) in [4.78, 5) is 5.46. The maximum absolute atomic E-state index is 5.26. The average Bonchev–Trinajstić information content (AvgIpc) is 2.81. The molecule has 0 aliphatic carbocycles. The lowest BCUT2D eigenvalue weighted by atomic mass is 10.2. The average molecular weight is 264 g/mol. The highest BCUT2D eigenvalue weighted by Gasteiger charge is 2.05. The van der Waals surface area contributed by atoms with Crippen molar-refractivity contribution in [3.05, 3.63) is 34.3 Å². The summed E-state index contributed by atoms with van der Waals surface area (Å²) < 4.78 is 10.5. The van der Waals surface area contributed by atoms with E-state index in [2.05, 4.69) is 10.3 Å². The van der Waals surface area contributed by atoms with Crippen LogP contribution < -0.4 is 14.8 Å². The van der Waals surface area contributed by atoms with Gasteiger partial charge >= 0.3 is 0 Å². The van der Waals surface area contributed by atoms with Gasteiger partial charge in [-0.05, 0) is 19.1 Å². The number of hydrogen-bond donors (Lipinski definition) is 1. The van der Waals surface area contributed by atoms with Crippen molar-refractivity contribution in [3.8, 4) is 11.5 Å². The molecule has 0 radical (unpaired) electrons. The third-order valence-electron chi connectivity index (χ3n) is 2.68. The standard InChI is InChI=1S/C13H16N2O2S/c1-9-13(18-8-15-9)7-14-10-4-5-11(16-2)12(6-10)17-3/h4-6,8,14H,7H2,1-3H3. The lowest BCUT2D eigenvalue weighted by Crippen LogP contribution is -2.00. The molecule has 0 aliphatic rings. The second-order valence-corrected chi connectivity index (χ2v) is 4.72. The van der Waals surface area contributed by atoms with Crippen molar-refractivity contribution < 1.29 is 9.47 Å². The predicted octanol–water partition coefficient (Wildman–Crippen LogP) is 3.08. The fourth-order valence-electron chi connectivity index (χ4n) is 1.62. The molecule has 0 saturated carbocycles. The van der Waals surface area contributed by atoms with Gasteiger partial charge in [0.25, 0.3) is 0 Å². The van der Waals surface area contributed by atoms with Gasteiger partial charge in [-0.1, -0.05) is 0 Å². The van der Waals surface area contributed by atoms with E-state index in [1.54, 1.807) is 25.6 Å². The van der Waals surface area contributed by atoms with Crippen LogP contribution in [-0.4, -0.2) is 19.2 Å². The maximum atomic E-state index is 5.26. The zero-order valence-corrected chi connectivity index (χ0v) is 11.5. The van der Waals surface area contributed by atoms with E-state index in [0.717, 1.165) is 29.4 Å². The molecule has 0 aliphatic heterocycles. The molecular formula is C13H16N2O2S. The van der Waals surface area contributed by atoms with Gasteiger partial charge < -0.3 is 14.8 Å². The van der Waals surface area contributed by atoms with E-state index < -0.39 is 0 Å². The van der Waals surface area contributed by atoms with Crippen molar-refractivity contribution in [1.29, 1.82) is 0 Å². The second kappa shape index (κ2) is 5.73. The van der Waals surface area contributed by atoms with E-state index in [-0.39, 0.29) is 0 Å². The Morgan fingerprint density at radius 3 is 2.61 bits per heavy atom. The number of nitrogens with one attached hydrogen (secondary N) is 1. The van der Waals surface area contributed by atoms with Crippen molar-refractivity contribution in [1.82, 2.24) is 4.98 Å². The van der Waals surface area contributed by atoms with E-state index >= 15 is 0 Å². The lowest BCUT2D eigenvalue weighted by Gasteiger charge is -2.10. The third-order valence-corrected chi connectivity index (χ3v) is 3.62. The van der Waals surface area contributed by atoms with Crippen LogP contribution in [0, 0.1) is 6.92 Å². The molecule has 1 heterocycles. The quantitative estimate of drug-likeness (QED) is 0.901. The highest BCUT2D eigenvalue weighted by atomic mass is 32.1. The van der Waals surface area contributed by atoms with Gasteiger partial charge in [-0.2, -0.15) is 0 Å². The Kier molecular flexibility index (Phi) is 4.04. The highest BCUT2D eigenvalue weighted by Crippen LogP contribution is 2.30. The number of ether oxygens (including phenoxy) is 2. The van der Waals surface area contributed by atoms with Gasteiger partial charge in [-0.15, -0.1) is 11.3 Å². The van der Waals surface area contributed by atoms with Crippen LogP contribution in [0.1, 0.15) is 10.6 Å². The summed E-state index contributed by atoms with van der Waals surface area (Å²) in [5, 5.41) is 3.35. The molecule has 1 aromatic carbocycles. The van der Waals surface area contributed by atoms with Crippen LogP contribution in [0.15, 0.2) is 23.7 Å². The highest BCUT2D eigenvalue weighted by molar-refractivity contribution is 7.09. The molecule has 0 unspecified atom stereocenters. The van der Waals surface area contributed by atoms with E-state index in [1.165, 1.54) is 4.88 Å². The van der Waals surface area contributed by atoms with E-state index in [0.29, 0.717) is 0 Å². The van der Waals surface area contributed by atoms with Gasteiger partial charge in [-0.3, -0.25) is 0 Å². The Labute approximate surface area is 111 Å². The van der Waals surface area contributed by atoms with Crippen LogP contribution in [0.4, 0.5) is 5.69 Å². The Balaban J connectivity index is 2.08. The Hall–Kier alpha value is -1.75. The number of nitrogens with zero attached hydrogens (tertiary/aromatic N) is 1. The van der Waals surface area contributed by atoms with Crippen LogP contribution in [0.25, 0.3) is 0 Å². The molecule has 18 heavy (non-hydrogen) atoms. The van der Waals surface area contributed by atoms with Crippen LogP contribution in [0.2, 0.25) is 0 Å². The van der Waals surface area contributed by atoms with Gasteiger partial charge in [-0.25, -0.2) is 4.98 Å². The molecule has 0 saturated heterocycles. The van der Waals surface area contributed by atoms with E-state index in [9.17, 15) is 0 Å². The minimum absolute atomic E-state index is 0.725. The molecular weight excluding hydrogens is 248 g/mol. The normalized spacial score (nSPS) is 10.2. The van der Waals surface area contributed by atoms with Gasteiger partial charge in [0.15, 0.2) is 11.5 Å². The fourth-order valence-corrected chi connectivity index (χ4v) is 2.34. The first kappa shape index (κ1) is 12.7. The molecule has 0 atom stereocenters. The molecule has 4 nitrogen and oxygen atoms in total. The van der Waals surface area contributed by atoms with Gasteiger partial charge in [0.05, 0.1) is 32.0 Å². The number of methoxy groups -OCH3 is 2. The van der Waals surface area contributed by atoms with Crippen molar-refractivity contribution in [3.63, 3.8) is 0 Å². The molecule has 0 fully saturated rings. The van der Waals surface area contributed by atoms with Crippen molar-refractivity contribution >= 4 is 17.0 Å². The summed E-state index contributed by atoms with van der Waals surface area (Å²) in [5.41, 5.74) is 3.94. The number of anilines is 1. The van der Waals surface area contributed by atoms with E-state index in [4.69, 9.17) is 9.47 Å². The summed E-state index contributed by atoms with van der Waals surface area (Å²) in [6.45, 7) is 2.79. The van der Waals surface area contributed by atoms with Gasteiger partial charge in [0, 0.05) is 16.6 Å². The number of aryl methyl sites for hydroxylation is 1. The van der Waals surface area contributed by atoms with Crippen LogP contribution >= 0.6 is 11.3 Å². The first-order valence-electron chi connectivity index (χ1n) is 5.59. The zero-order valence-electron chi connectivity index (χ0n) is 10.7. The van der Waals surface area contributed by atoms with Crippen molar-refractivity contribution in [2.24, 2.45) is 0 Å². The Morgan fingerprint density at radius 2 is 2.00 bits per heavy atom. The molecule has 0 spiro atoms. The number of aromatic nitrogens is 1. The van der Waals surface area contributed by atoms with Gasteiger partial charge in [0.1, 0.15) is 0 Å². The SMILES string of the molecule is COc1ccc(NCc2scnc2C)cc1OC. The first-order valence-corrected chi connectivity index (χ1v) is 6.47. The number of rotatable bonds is 5. The lowest BCUT2D eigenvalue weighted by molar-refractivity contribution is 0.355. The smallest absolute Gasteiger partial charge is 0.162 e. The number of benzene rings is 1. The first-order chi connectivity index (χ1) is 8.74. The third kappa shape index (κ3) is 2.73. The van der Waals surface area contributed by atoms with Crippen LogP contribution in [-0.2, 0) is 6.54 Å². The largest absolute Gasteiger partial charge is 0.493 e. The summed E-state index contributed by atoms with van der Waals surface area (Å²) in [5.74, 6) is 1.46. The molecule has 0 bridgehead atoms.